The van der Waals surface area contributed by atoms with Crippen molar-refractivity contribution in [3.63, 3.8) is 0 Å². The van der Waals surface area contributed by atoms with Gasteiger partial charge in [0.25, 0.3) is 0 Å². The van der Waals surface area contributed by atoms with E-state index < -0.39 is 0 Å². The van der Waals surface area contributed by atoms with Gasteiger partial charge in [0.2, 0.25) is 0 Å². The van der Waals surface area contributed by atoms with Crippen LogP contribution in [0.5, 0.6) is 0 Å². The van der Waals surface area contributed by atoms with Gasteiger partial charge in [0.05, 0.1) is 17.9 Å². The lowest BCUT2D eigenvalue weighted by Gasteiger charge is -2.42. The Morgan fingerprint density at radius 1 is 1.21 bits per heavy atom. The molecule has 0 bridgehead atoms. The second kappa shape index (κ2) is 9.40. The minimum absolute atomic E-state index is 0.0843. The average Bonchev–Trinajstić information content (AvgIpc) is 3.15. The number of halogens is 2. The standard InChI is InChI=1S/C25H32Cl2N6/c1-15-14-32(10-8-20(15)18-5-4-9-28-12-18)23-13-29-24-16(2)31-33(25(24)30-23)17(3)21-7-6-19(26)11-22(21)27/h6-7,11,13,15,17-18,20,28H,4-5,8-10,12,14H2,1-3H3/t15?,17-,18?,20?/m1/s1. The maximum absolute atomic E-state index is 6.50. The number of aromatic nitrogens is 4. The molecule has 3 unspecified atom stereocenters. The monoisotopic (exact) mass is 486 g/mol. The summed E-state index contributed by atoms with van der Waals surface area (Å²) >= 11 is 12.6. The molecule has 8 heteroatoms. The molecule has 2 aliphatic heterocycles. The smallest absolute Gasteiger partial charge is 0.179 e. The van der Waals surface area contributed by atoms with Crippen molar-refractivity contribution in [1.82, 2.24) is 25.1 Å². The van der Waals surface area contributed by atoms with E-state index in [0.29, 0.717) is 16.0 Å². The van der Waals surface area contributed by atoms with Crippen LogP contribution in [0.3, 0.4) is 0 Å². The lowest BCUT2D eigenvalue weighted by atomic mass is 9.74. The Morgan fingerprint density at radius 2 is 2.06 bits per heavy atom. The fourth-order valence-electron chi connectivity index (χ4n) is 5.75. The molecular weight excluding hydrogens is 455 g/mol. The number of rotatable bonds is 4. The lowest BCUT2D eigenvalue weighted by Crippen LogP contribution is -2.45. The van der Waals surface area contributed by atoms with E-state index in [4.69, 9.17) is 38.3 Å². The van der Waals surface area contributed by atoms with Gasteiger partial charge in [-0.2, -0.15) is 5.10 Å². The van der Waals surface area contributed by atoms with E-state index in [1.165, 1.54) is 32.4 Å². The van der Waals surface area contributed by atoms with Gasteiger partial charge < -0.3 is 10.2 Å². The van der Waals surface area contributed by atoms with Crippen molar-refractivity contribution < 1.29 is 0 Å². The molecule has 6 nitrogen and oxygen atoms in total. The Hall–Kier alpha value is -1.89. The van der Waals surface area contributed by atoms with E-state index in [0.717, 1.165) is 53.2 Å². The Balaban J connectivity index is 1.41. The molecule has 176 valence electrons. The molecule has 4 atom stereocenters. The van der Waals surface area contributed by atoms with Gasteiger partial charge in [0.1, 0.15) is 11.3 Å². The lowest BCUT2D eigenvalue weighted by molar-refractivity contribution is 0.171. The maximum Gasteiger partial charge on any atom is 0.179 e. The van der Waals surface area contributed by atoms with Gasteiger partial charge in [0, 0.05) is 23.1 Å². The summed E-state index contributed by atoms with van der Waals surface area (Å²) < 4.78 is 1.94. The summed E-state index contributed by atoms with van der Waals surface area (Å²) in [5, 5.41) is 9.63. The largest absolute Gasteiger partial charge is 0.355 e. The van der Waals surface area contributed by atoms with E-state index in [1.54, 1.807) is 6.07 Å². The third-order valence-electron chi connectivity index (χ3n) is 7.57. The zero-order valence-corrected chi connectivity index (χ0v) is 21.1. The van der Waals surface area contributed by atoms with Crippen molar-refractivity contribution in [1.29, 1.82) is 0 Å². The zero-order valence-electron chi connectivity index (χ0n) is 19.6. The van der Waals surface area contributed by atoms with Crippen LogP contribution >= 0.6 is 23.2 Å². The second-order valence-electron chi connectivity index (χ2n) is 9.75. The Morgan fingerprint density at radius 3 is 2.79 bits per heavy atom. The van der Waals surface area contributed by atoms with Gasteiger partial charge in [-0.25, -0.2) is 14.6 Å². The first-order valence-electron chi connectivity index (χ1n) is 12.0. The number of nitrogens with one attached hydrogen (secondary N) is 1. The first-order valence-corrected chi connectivity index (χ1v) is 12.8. The molecule has 0 spiro atoms. The van der Waals surface area contributed by atoms with Crippen LogP contribution in [0.15, 0.2) is 24.4 Å². The number of anilines is 1. The molecule has 3 aromatic rings. The number of benzene rings is 1. The van der Waals surface area contributed by atoms with Gasteiger partial charge >= 0.3 is 0 Å². The van der Waals surface area contributed by atoms with Crippen molar-refractivity contribution in [2.75, 3.05) is 31.1 Å². The summed E-state index contributed by atoms with van der Waals surface area (Å²) in [5.74, 6) is 3.16. The first-order chi connectivity index (χ1) is 15.9. The molecule has 0 radical (unpaired) electrons. The fourth-order valence-corrected chi connectivity index (χ4v) is 6.32. The SMILES string of the molecule is Cc1nn([C@H](C)c2ccc(Cl)cc2Cl)c2nc(N3CCC(C4CCCNC4)C(C)C3)cnc12. The normalized spacial score (nSPS) is 24.9. The van der Waals surface area contributed by atoms with E-state index in [-0.39, 0.29) is 6.04 Å². The van der Waals surface area contributed by atoms with Gasteiger partial charge in [-0.1, -0.05) is 36.2 Å². The van der Waals surface area contributed by atoms with Crippen LogP contribution in [-0.2, 0) is 0 Å². The molecule has 0 saturated carbocycles. The number of piperidine rings is 2. The molecule has 1 N–H and O–H groups in total. The molecule has 33 heavy (non-hydrogen) atoms. The predicted molar refractivity (Wildman–Crippen MR) is 135 cm³/mol. The minimum Gasteiger partial charge on any atom is -0.355 e. The molecule has 2 fully saturated rings. The Labute approximate surface area is 205 Å². The molecule has 2 saturated heterocycles. The average molecular weight is 487 g/mol. The zero-order chi connectivity index (χ0) is 23.1. The van der Waals surface area contributed by atoms with E-state index in [9.17, 15) is 0 Å². The van der Waals surface area contributed by atoms with E-state index >= 15 is 0 Å². The van der Waals surface area contributed by atoms with Gasteiger partial charge in [0.15, 0.2) is 5.65 Å². The molecule has 1 aromatic carbocycles. The number of aryl methyl sites for hydroxylation is 1. The molecule has 0 aliphatic carbocycles. The number of hydrogen-bond donors (Lipinski definition) is 1. The van der Waals surface area contributed by atoms with Crippen LogP contribution in [-0.4, -0.2) is 45.9 Å². The fraction of sp³-hybridized carbons (Fsp3) is 0.560. The van der Waals surface area contributed by atoms with E-state index in [2.05, 4.69) is 24.1 Å². The quantitative estimate of drug-likeness (QED) is 0.526. The van der Waals surface area contributed by atoms with Gasteiger partial charge in [-0.05, 0) is 81.6 Å². The van der Waals surface area contributed by atoms with Crippen molar-refractivity contribution in [2.24, 2.45) is 17.8 Å². The maximum atomic E-state index is 6.50. The van der Waals surface area contributed by atoms with Crippen molar-refractivity contribution in [2.45, 2.75) is 46.1 Å². The molecule has 4 heterocycles. The number of nitrogens with zero attached hydrogens (tertiary/aromatic N) is 5. The van der Waals surface area contributed by atoms with E-state index in [1.807, 2.05) is 29.9 Å². The van der Waals surface area contributed by atoms with Crippen LogP contribution in [0.1, 0.15) is 50.4 Å². The molecule has 5 rings (SSSR count). The van der Waals surface area contributed by atoms with Crippen molar-refractivity contribution >= 4 is 40.2 Å². The van der Waals surface area contributed by atoms with Crippen LogP contribution in [0.4, 0.5) is 5.82 Å². The summed E-state index contributed by atoms with van der Waals surface area (Å²) in [5.41, 5.74) is 3.48. The summed E-state index contributed by atoms with van der Waals surface area (Å²) in [6, 6.07) is 5.52. The van der Waals surface area contributed by atoms with Gasteiger partial charge in [-0.3, -0.25) is 0 Å². The topological polar surface area (TPSA) is 58.9 Å². The second-order valence-corrected chi connectivity index (χ2v) is 10.6. The first kappa shape index (κ1) is 22.9. The number of fused-ring (bicyclic) bond motifs is 1. The van der Waals surface area contributed by atoms with Crippen molar-refractivity contribution in [3.8, 4) is 0 Å². The van der Waals surface area contributed by atoms with Crippen LogP contribution in [0, 0.1) is 24.7 Å². The van der Waals surface area contributed by atoms with Crippen LogP contribution < -0.4 is 10.2 Å². The molecule has 0 amide bonds. The summed E-state index contributed by atoms with van der Waals surface area (Å²) in [4.78, 5) is 12.2. The highest BCUT2D eigenvalue weighted by atomic mass is 35.5. The third-order valence-corrected chi connectivity index (χ3v) is 8.14. The molecular formula is C25H32Cl2N6. The van der Waals surface area contributed by atoms with Crippen molar-refractivity contribution in [3.05, 3.63) is 45.7 Å². The summed E-state index contributed by atoms with van der Waals surface area (Å²) in [6.45, 7) is 10.9. The summed E-state index contributed by atoms with van der Waals surface area (Å²) in [6.07, 6.45) is 5.79. The van der Waals surface area contributed by atoms with Crippen LogP contribution in [0.25, 0.3) is 11.2 Å². The summed E-state index contributed by atoms with van der Waals surface area (Å²) in [7, 11) is 0. The highest BCUT2D eigenvalue weighted by molar-refractivity contribution is 6.35. The Kier molecular flexibility index (Phi) is 6.51. The van der Waals surface area contributed by atoms with Crippen LogP contribution in [0.2, 0.25) is 10.0 Å². The third kappa shape index (κ3) is 4.45. The molecule has 2 aliphatic rings. The van der Waals surface area contributed by atoms with Gasteiger partial charge in [-0.15, -0.1) is 0 Å². The Bertz CT molecular complexity index is 1140. The predicted octanol–water partition coefficient (Wildman–Crippen LogP) is 5.51. The number of hydrogen-bond acceptors (Lipinski definition) is 5. The molecule has 2 aromatic heterocycles. The highest BCUT2D eigenvalue weighted by Crippen LogP contribution is 2.35. The minimum atomic E-state index is -0.0843. The highest BCUT2D eigenvalue weighted by Gasteiger charge is 2.33.